The molecule has 0 aliphatic carbocycles. The fourth-order valence-corrected chi connectivity index (χ4v) is 4.10. The summed E-state index contributed by atoms with van der Waals surface area (Å²) in [7, 11) is -4.28. The topological polar surface area (TPSA) is 48.0 Å². The summed E-state index contributed by atoms with van der Waals surface area (Å²) in [6, 6.07) is 0. The first-order valence-electron chi connectivity index (χ1n) is 9.88. The molecule has 0 N–H and O–H groups in total. The summed E-state index contributed by atoms with van der Waals surface area (Å²) in [5.41, 5.74) is 0. The van der Waals surface area contributed by atoms with Gasteiger partial charge in [0.05, 0.1) is 0 Å². The lowest BCUT2D eigenvalue weighted by Crippen LogP contribution is -2.52. The molecular formula is C19H41NO4Si2. The predicted molar refractivity (Wildman–Crippen MR) is 112 cm³/mol. The van der Waals surface area contributed by atoms with E-state index in [1.807, 2.05) is 0 Å². The maximum atomic E-state index is 12.7. The number of hydrogen-bond donors (Lipinski definition) is 0. The second-order valence-corrected chi connectivity index (χ2v) is 20.0. The minimum Gasteiger partial charge on any atom is -0.395 e. The van der Waals surface area contributed by atoms with Gasteiger partial charge in [-0.1, -0.05) is 41.5 Å². The first kappa shape index (κ1) is 23.7. The molecular weight excluding hydrogens is 362 g/mol. The minimum absolute atomic E-state index is 0.0135. The number of hydrogen-bond acceptors (Lipinski definition) is 4. The maximum absolute atomic E-state index is 12.7. The molecule has 1 aliphatic rings. The van der Waals surface area contributed by atoms with E-state index in [1.54, 1.807) is 4.90 Å². The molecule has 154 valence electrons. The van der Waals surface area contributed by atoms with Gasteiger partial charge in [-0.15, -0.1) is 0 Å². The van der Waals surface area contributed by atoms with Crippen LogP contribution in [0.5, 0.6) is 0 Å². The number of ether oxygens (including phenoxy) is 1. The second kappa shape index (κ2) is 8.33. The number of nitrogens with zero attached hydrogens (tertiary/aromatic N) is 1. The highest BCUT2D eigenvalue weighted by Crippen LogP contribution is 2.41. The van der Waals surface area contributed by atoms with Crippen molar-refractivity contribution in [3.63, 3.8) is 0 Å². The van der Waals surface area contributed by atoms with Gasteiger partial charge in [0.15, 0.2) is 16.6 Å². The molecule has 1 aliphatic heterocycles. The number of piperidine rings is 1. The van der Waals surface area contributed by atoms with Crippen LogP contribution >= 0.6 is 0 Å². The molecule has 0 aromatic carbocycles. The van der Waals surface area contributed by atoms with Gasteiger partial charge in [-0.3, -0.25) is 0 Å². The van der Waals surface area contributed by atoms with Crippen LogP contribution in [0.1, 0.15) is 60.8 Å². The monoisotopic (exact) mass is 403 g/mol. The van der Waals surface area contributed by atoms with E-state index < -0.39 is 23.1 Å². The van der Waals surface area contributed by atoms with Crippen molar-refractivity contribution in [1.29, 1.82) is 0 Å². The first-order valence-corrected chi connectivity index (χ1v) is 15.7. The number of carbonyl (C=O) groups is 1. The van der Waals surface area contributed by atoms with Crippen molar-refractivity contribution in [2.24, 2.45) is 0 Å². The van der Waals surface area contributed by atoms with Crippen molar-refractivity contribution < 1.29 is 18.4 Å². The Balaban J connectivity index is 2.95. The summed E-state index contributed by atoms with van der Waals surface area (Å²) in [4.78, 5) is 14.4. The number of rotatable bonds is 5. The van der Waals surface area contributed by atoms with Crippen LogP contribution in [0.4, 0.5) is 4.79 Å². The van der Waals surface area contributed by atoms with E-state index in [9.17, 15) is 4.79 Å². The Hall–Kier alpha value is -0.376. The molecule has 7 heteroatoms. The summed E-state index contributed by atoms with van der Waals surface area (Å²) < 4.78 is 18.5. The highest BCUT2D eigenvalue weighted by atomic mass is 28.4. The number of likely N-dealkylation sites (tertiary alicyclic amines) is 1. The third-order valence-electron chi connectivity index (χ3n) is 6.21. The fourth-order valence-electron chi connectivity index (χ4n) is 2.14. The molecule has 26 heavy (non-hydrogen) atoms. The lowest BCUT2D eigenvalue weighted by atomic mass is 10.1. The van der Waals surface area contributed by atoms with Gasteiger partial charge in [0, 0.05) is 13.1 Å². The highest BCUT2D eigenvalue weighted by molar-refractivity contribution is 6.75. The van der Waals surface area contributed by atoms with E-state index in [2.05, 4.69) is 67.7 Å². The van der Waals surface area contributed by atoms with Crippen LogP contribution in [0.15, 0.2) is 0 Å². The SMILES string of the molecule is CC(C)(C)[Si](C)(C)OC(OC(=O)N1CCCCC1)O[Si](C)(C)C(C)(C)C. The largest absolute Gasteiger partial charge is 0.413 e. The van der Waals surface area contributed by atoms with Crippen molar-refractivity contribution in [3.8, 4) is 0 Å². The van der Waals surface area contributed by atoms with Gasteiger partial charge in [-0.2, -0.15) is 0 Å². The lowest BCUT2D eigenvalue weighted by molar-refractivity contribution is -0.182. The molecule has 0 saturated carbocycles. The summed E-state index contributed by atoms with van der Waals surface area (Å²) >= 11 is 0. The van der Waals surface area contributed by atoms with Crippen molar-refractivity contribution >= 4 is 22.7 Å². The molecule has 1 fully saturated rings. The Morgan fingerprint density at radius 3 is 1.54 bits per heavy atom. The normalized spacial score (nSPS) is 17.6. The lowest BCUT2D eigenvalue weighted by Gasteiger charge is -2.43. The van der Waals surface area contributed by atoms with Gasteiger partial charge in [-0.25, -0.2) is 4.79 Å². The Bertz CT molecular complexity index is 447. The summed E-state index contributed by atoms with van der Waals surface area (Å²) in [6.45, 7) is 22.3. The van der Waals surface area contributed by atoms with Crippen LogP contribution in [0.2, 0.25) is 36.3 Å². The molecule has 0 spiro atoms. The molecule has 1 saturated heterocycles. The maximum Gasteiger partial charge on any atom is 0.413 e. The van der Waals surface area contributed by atoms with Crippen molar-refractivity contribution in [2.75, 3.05) is 13.1 Å². The minimum atomic E-state index is -2.14. The van der Waals surface area contributed by atoms with Gasteiger partial charge in [-0.05, 0) is 55.5 Å². The molecule has 1 rings (SSSR count). The second-order valence-electron chi connectivity index (χ2n) is 10.5. The van der Waals surface area contributed by atoms with E-state index in [1.165, 1.54) is 6.42 Å². The molecule has 0 unspecified atom stereocenters. The number of amides is 1. The van der Waals surface area contributed by atoms with E-state index in [0.717, 1.165) is 25.9 Å². The average molecular weight is 404 g/mol. The first-order chi connectivity index (χ1) is 11.6. The predicted octanol–water partition coefficient (Wildman–Crippen LogP) is 5.94. The van der Waals surface area contributed by atoms with Gasteiger partial charge >= 0.3 is 12.6 Å². The van der Waals surface area contributed by atoms with Crippen molar-refractivity contribution in [1.82, 2.24) is 4.90 Å². The third kappa shape index (κ3) is 6.35. The zero-order valence-corrected chi connectivity index (χ0v) is 20.7. The fraction of sp³-hybridized carbons (Fsp3) is 0.947. The molecule has 0 bridgehead atoms. The Kier molecular flexibility index (Phi) is 7.58. The molecule has 0 radical (unpaired) electrons. The van der Waals surface area contributed by atoms with Crippen LogP contribution in [0, 0.1) is 0 Å². The summed E-state index contributed by atoms with van der Waals surface area (Å²) in [6.07, 6.45) is 2.93. The van der Waals surface area contributed by atoms with Crippen LogP contribution in [-0.4, -0.2) is 47.2 Å². The summed E-state index contributed by atoms with van der Waals surface area (Å²) in [5.74, 6) is 0. The Morgan fingerprint density at radius 1 is 0.808 bits per heavy atom. The van der Waals surface area contributed by atoms with Gasteiger partial charge < -0.3 is 18.5 Å². The zero-order valence-electron chi connectivity index (χ0n) is 18.7. The van der Waals surface area contributed by atoms with Crippen molar-refractivity contribution in [2.45, 2.75) is 104 Å². The standard InChI is InChI=1S/C19H41NO4Si2/c1-18(2,3)25(7,8)23-17(24-26(9,10)19(4,5)6)22-16(21)20-14-12-11-13-15-20/h17H,11-15H2,1-10H3. The van der Waals surface area contributed by atoms with E-state index in [4.69, 9.17) is 13.6 Å². The van der Waals surface area contributed by atoms with Crippen LogP contribution in [0.3, 0.4) is 0 Å². The summed E-state index contributed by atoms with van der Waals surface area (Å²) in [5, 5.41) is 0.0269. The Labute approximate surface area is 163 Å². The van der Waals surface area contributed by atoms with E-state index in [0.29, 0.717) is 0 Å². The van der Waals surface area contributed by atoms with Crippen LogP contribution < -0.4 is 0 Å². The molecule has 1 amide bonds. The highest BCUT2D eigenvalue weighted by Gasteiger charge is 2.45. The molecule has 0 atom stereocenters. The van der Waals surface area contributed by atoms with Gasteiger partial charge in [0.2, 0.25) is 0 Å². The van der Waals surface area contributed by atoms with Crippen LogP contribution in [-0.2, 0) is 13.6 Å². The smallest absolute Gasteiger partial charge is 0.395 e. The quantitative estimate of drug-likeness (QED) is 0.421. The van der Waals surface area contributed by atoms with E-state index in [-0.39, 0.29) is 16.2 Å². The van der Waals surface area contributed by atoms with Gasteiger partial charge in [0.1, 0.15) is 0 Å². The molecule has 0 aromatic heterocycles. The zero-order chi connectivity index (χ0) is 20.4. The average Bonchev–Trinajstić information content (AvgIpc) is 2.44. The van der Waals surface area contributed by atoms with Crippen LogP contribution in [0.25, 0.3) is 0 Å². The molecule has 0 aromatic rings. The Morgan fingerprint density at radius 2 is 1.19 bits per heavy atom. The van der Waals surface area contributed by atoms with Gasteiger partial charge in [0.25, 0.3) is 0 Å². The van der Waals surface area contributed by atoms with E-state index >= 15 is 0 Å². The third-order valence-corrected chi connectivity index (χ3v) is 15.0. The molecule has 1 heterocycles. The molecule has 5 nitrogen and oxygen atoms in total. The van der Waals surface area contributed by atoms with Crippen molar-refractivity contribution in [3.05, 3.63) is 0 Å². The number of carbonyl (C=O) groups excluding carboxylic acids is 1.